The Hall–Kier alpha value is -1.12. The molecule has 13 heavy (non-hydrogen) atoms. The minimum atomic E-state index is -0.285. The van der Waals surface area contributed by atoms with Crippen LogP contribution in [0.3, 0.4) is 0 Å². The number of carbonyl (C=O) groups excluding carboxylic acids is 2. The molecule has 0 fully saturated rings. The molecule has 0 aromatic heterocycles. The summed E-state index contributed by atoms with van der Waals surface area (Å²) in [6.45, 7) is 5.10. The molecular formula is C10H16O3. The van der Waals surface area contributed by atoms with Crippen molar-refractivity contribution in [3.8, 4) is 0 Å². The Labute approximate surface area is 78.8 Å². The fourth-order valence-electron chi connectivity index (χ4n) is 1.07. The molecule has 0 heterocycles. The molecule has 0 saturated heterocycles. The summed E-state index contributed by atoms with van der Waals surface area (Å²) in [6, 6.07) is 0. The van der Waals surface area contributed by atoms with Gasteiger partial charge < -0.3 is 9.53 Å². The molecule has 0 aliphatic heterocycles. The van der Waals surface area contributed by atoms with Gasteiger partial charge in [-0.1, -0.05) is 5.57 Å². The second-order valence-corrected chi connectivity index (χ2v) is 3.03. The molecule has 1 atom stereocenters. The molecule has 3 nitrogen and oxygen atoms in total. The van der Waals surface area contributed by atoms with E-state index in [0.717, 1.165) is 18.3 Å². The topological polar surface area (TPSA) is 43.4 Å². The Morgan fingerprint density at radius 2 is 2.08 bits per heavy atom. The van der Waals surface area contributed by atoms with Crippen LogP contribution in [0.5, 0.6) is 0 Å². The van der Waals surface area contributed by atoms with Crippen molar-refractivity contribution in [2.75, 3.05) is 0 Å². The van der Waals surface area contributed by atoms with Crippen LogP contribution >= 0.6 is 0 Å². The van der Waals surface area contributed by atoms with Crippen molar-refractivity contribution >= 4 is 12.3 Å². The van der Waals surface area contributed by atoms with E-state index in [1.54, 1.807) is 6.92 Å². The average molecular weight is 184 g/mol. The zero-order valence-corrected chi connectivity index (χ0v) is 8.37. The Kier molecular flexibility index (Phi) is 5.85. The monoisotopic (exact) mass is 184 g/mol. The summed E-state index contributed by atoms with van der Waals surface area (Å²) in [5.41, 5.74) is 1.07. The number of carbonyl (C=O) groups is 2. The molecule has 0 bridgehead atoms. The van der Waals surface area contributed by atoms with Gasteiger partial charge in [0.2, 0.25) is 0 Å². The predicted molar refractivity (Wildman–Crippen MR) is 50.3 cm³/mol. The second-order valence-electron chi connectivity index (χ2n) is 3.03. The summed E-state index contributed by atoms with van der Waals surface area (Å²) in [7, 11) is 0. The number of aldehydes is 1. The predicted octanol–water partition coefficient (Wildman–Crippen LogP) is 1.86. The zero-order valence-electron chi connectivity index (χ0n) is 8.37. The molecule has 0 spiro atoms. The van der Waals surface area contributed by atoms with Crippen LogP contribution in [0.1, 0.15) is 33.6 Å². The first-order valence-corrected chi connectivity index (χ1v) is 4.34. The van der Waals surface area contributed by atoms with E-state index in [1.165, 1.54) is 6.92 Å². The number of esters is 1. The van der Waals surface area contributed by atoms with E-state index in [0.29, 0.717) is 6.42 Å². The van der Waals surface area contributed by atoms with Gasteiger partial charge in [0.05, 0.1) is 0 Å². The van der Waals surface area contributed by atoms with Crippen LogP contribution in [0.15, 0.2) is 11.6 Å². The van der Waals surface area contributed by atoms with Crippen molar-refractivity contribution in [2.45, 2.75) is 39.7 Å². The molecule has 74 valence electrons. The van der Waals surface area contributed by atoms with Crippen molar-refractivity contribution in [1.82, 2.24) is 0 Å². The standard InChI is InChI=1S/C10H16O3/c1-8(5-4-6-11)7-9(2)13-10(3)12/h6-7,9H,4-5H2,1-3H3/b8-7+. The van der Waals surface area contributed by atoms with Gasteiger partial charge in [-0.05, 0) is 26.3 Å². The molecule has 0 aromatic carbocycles. The SMILES string of the molecule is CC(=O)OC(C)/C=C(\C)CCC=O. The molecule has 3 heteroatoms. The van der Waals surface area contributed by atoms with Gasteiger partial charge in [-0.3, -0.25) is 4.79 Å². The zero-order chi connectivity index (χ0) is 10.3. The van der Waals surface area contributed by atoms with Crippen LogP contribution < -0.4 is 0 Å². The molecule has 0 amide bonds. The number of allylic oxidation sites excluding steroid dienone is 1. The second kappa shape index (κ2) is 6.40. The lowest BCUT2D eigenvalue weighted by atomic mass is 10.1. The normalized spacial score (nSPS) is 13.6. The molecule has 1 unspecified atom stereocenters. The minimum Gasteiger partial charge on any atom is -0.459 e. The van der Waals surface area contributed by atoms with Gasteiger partial charge in [0.25, 0.3) is 0 Å². The van der Waals surface area contributed by atoms with Gasteiger partial charge in [-0.2, -0.15) is 0 Å². The van der Waals surface area contributed by atoms with Crippen molar-refractivity contribution < 1.29 is 14.3 Å². The Bertz CT molecular complexity index is 206. The summed E-state index contributed by atoms with van der Waals surface area (Å²) in [5.74, 6) is -0.285. The fraction of sp³-hybridized carbons (Fsp3) is 0.600. The lowest BCUT2D eigenvalue weighted by Gasteiger charge is -2.07. The van der Waals surface area contributed by atoms with Crippen molar-refractivity contribution in [3.05, 3.63) is 11.6 Å². The van der Waals surface area contributed by atoms with Gasteiger partial charge in [-0.25, -0.2) is 0 Å². The molecule has 0 rings (SSSR count). The van der Waals surface area contributed by atoms with Crippen LogP contribution in [-0.2, 0) is 14.3 Å². The highest BCUT2D eigenvalue weighted by Crippen LogP contribution is 2.05. The summed E-state index contributed by atoms with van der Waals surface area (Å²) >= 11 is 0. The third-order valence-corrected chi connectivity index (χ3v) is 1.53. The maximum Gasteiger partial charge on any atom is 0.303 e. The van der Waals surface area contributed by atoms with Gasteiger partial charge in [0, 0.05) is 13.3 Å². The number of rotatable bonds is 5. The van der Waals surface area contributed by atoms with Gasteiger partial charge in [-0.15, -0.1) is 0 Å². The van der Waals surface area contributed by atoms with Crippen LogP contribution in [0, 0.1) is 0 Å². The molecule has 0 aromatic rings. The fourth-order valence-corrected chi connectivity index (χ4v) is 1.07. The molecule has 0 saturated carbocycles. The van der Waals surface area contributed by atoms with E-state index >= 15 is 0 Å². The molecule has 0 aliphatic carbocycles. The van der Waals surface area contributed by atoms with Crippen LogP contribution in [0.2, 0.25) is 0 Å². The highest BCUT2D eigenvalue weighted by atomic mass is 16.5. The largest absolute Gasteiger partial charge is 0.459 e. The number of ether oxygens (including phenoxy) is 1. The van der Waals surface area contributed by atoms with Gasteiger partial charge in [0.15, 0.2) is 0 Å². The van der Waals surface area contributed by atoms with E-state index in [1.807, 2.05) is 13.0 Å². The van der Waals surface area contributed by atoms with E-state index < -0.39 is 0 Å². The molecule has 0 N–H and O–H groups in total. The van der Waals surface area contributed by atoms with Gasteiger partial charge >= 0.3 is 5.97 Å². The van der Waals surface area contributed by atoms with Crippen molar-refractivity contribution in [2.24, 2.45) is 0 Å². The average Bonchev–Trinajstić information content (AvgIpc) is 1.98. The molecular weight excluding hydrogens is 168 g/mol. The maximum absolute atomic E-state index is 10.5. The van der Waals surface area contributed by atoms with Crippen molar-refractivity contribution in [3.63, 3.8) is 0 Å². The number of hydrogen-bond donors (Lipinski definition) is 0. The van der Waals surface area contributed by atoms with E-state index in [9.17, 15) is 9.59 Å². The Morgan fingerprint density at radius 1 is 1.46 bits per heavy atom. The quantitative estimate of drug-likeness (QED) is 0.372. The van der Waals surface area contributed by atoms with Crippen LogP contribution in [0.4, 0.5) is 0 Å². The summed E-state index contributed by atoms with van der Waals surface area (Å²) in [6.07, 6.45) is 3.78. The minimum absolute atomic E-state index is 0.204. The summed E-state index contributed by atoms with van der Waals surface area (Å²) in [4.78, 5) is 20.6. The molecule has 0 radical (unpaired) electrons. The van der Waals surface area contributed by atoms with Crippen molar-refractivity contribution in [1.29, 1.82) is 0 Å². The Balaban J connectivity index is 3.89. The summed E-state index contributed by atoms with van der Waals surface area (Å²) in [5, 5.41) is 0. The van der Waals surface area contributed by atoms with E-state index in [-0.39, 0.29) is 12.1 Å². The maximum atomic E-state index is 10.5. The lowest BCUT2D eigenvalue weighted by Crippen LogP contribution is -2.09. The highest BCUT2D eigenvalue weighted by Gasteiger charge is 2.01. The van der Waals surface area contributed by atoms with Crippen LogP contribution in [-0.4, -0.2) is 18.4 Å². The van der Waals surface area contributed by atoms with Gasteiger partial charge in [0.1, 0.15) is 12.4 Å². The number of hydrogen-bond acceptors (Lipinski definition) is 3. The van der Waals surface area contributed by atoms with Crippen LogP contribution in [0.25, 0.3) is 0 Å². The highest BCUT2D eigenvalue weighted by molar-refractivity contribution is 5.66. The first-order chi connectivity index (χ1) is 6.06. The smallest absolute Gasteiger partial charge is 0.303 e. The summed E-state index contributed by atoms with van der Waals surface area (Å²) < 4.78 is 4.90. The lowest BCUT2D eigenvalue weighted by molar-refractivity contribution is -0.143. The first-order valence-electron chi connectivity index (χ1n) is 4.34. The Morgan fingerprint density at radius 3 is 2.54 bits per heavy atom. The third-order valence-electron chi connectivity index (χ3n) is 1.53. The third kappa shape index (κ3) is 7.25. The molecule has 0 aliphatic rings. The first kappa shape index (κ1) is 11.9. The van der Waals surface area contributed by atoms with E-state index in [4.69, 9.17) is 4.74 Å². The van der Waals surface area contributed by atoms with E-state index in [2.05, 4.69) is 0 Å².